The molecule has 0 bridgehead atoms. The van der Waals surface area contributed by atoms with E-state index in [-0.39, 0.29) is 22.3 Å². The number of nitrogens with one attached hydrogen (secondary N) is 3. The number of hydrogen-bond donors (Lipinski definition) is 3. The van der Waals surface area contributed by atoms with Gasteiger partial charge in [0, 0.05) is 34.6 Å². The van der Waals surface area contributed by atoms with Gasteiger partial charge >= 0.3 is 0 Å². The third kappa shape index (κ3) is 5.46. The number of nitro benzene ring substituents is 1. The van der Waals surface area contributed by atoms with Gasteiger partial charge in [-0.3, -0.25) is 25.0 Å². The van der Waals surface area contributed by atoms with Gasteiger partial charge in [0.15, 0.2) is 5.11 Å². The van der Waals surface area contributed by atoms with Crippen LogP contribution >= 0.6 is 12.2 Å². The molecule has 0 saturated carbocycles. The van der Waals surface area contributed by atoms with Gasteiger partial charge in [0.2, 0.25) is 0 Å². The molecular weight excluding hydrogens is 404 g/mol. The first-order chi connectivity index (χ1) is 14.4. The molecule has 2 amide bonds. The van der Waals surface area contributed by atoms with Crippen LogP contribution in [0.1, 0.15) is 20.7 Å². The molecule has 9 heteroatoms. The van der Waals surface area contributed by atoms with Gasteiger partial charge in [-0.25, -0.2) is 0 Å². The van der Waals surface area contributed by atoms with E-state index in [1.165, 1.54) is 24.3 Å². The average Bonchev–Trinajstić information content (AvgIpc) is 2.75. The predicted octanol–water partition coefficient (Wildman–Crippen LogP) is 3.97. The van der Waals surface area contributed by atoms with Crippen molar-refractivity contribution in [3.8, 4) is 0 Å². The summed E-state index contributed by atoms with van der Waals surface area (Å²) in [5, 5.41) is 19.0. The van der Waals surface area contributed by atoms with E-state index in [1.54, 1.807) is 48.5 Å². The highest BCUT2D eigenvalue weighted by molar-refractivity contribution is 7.80. The topological polar surface area (TPSA) is 113 Å². The van der Waals surface area contributed by atoms with Crippen molar-refractivity contribution < 1.29 is 14.5 Å². The number of rotatable bonds is 5. The van der Waals surface area contributed by atoms with Gasteiger partial charge in [-0.2, -0.15) is 0 Å². The highest BCUT2D eigenvalue weighted by Gasteiger charge is 2.13. The first kappa shape index (κ1) is 20.6. The SMILES string of the molecule is O=C(NC(=S)Nc1ccc(NC(=O)c2ccccc2)cc1)c1cccc([N+](=O)[O-])c1. The highest BCUT2D eigenvalue weighted by atomic mass is 32.1. The highest BCUT2D eigenvalue weighted by Crippen LogP contribution is 2.15. The minimum atomic E-state index is -0.578. The summed E-state index contributed by atoms with van der Waals surface area (Å²) in [5.41, 5.74) is 1.67. The maximum absolute atomic E-state index is 12.2. The molecule has 3 N–H and O–H groups in total. The molecule has 0 radical (unpaired) electrons. The van der Waals surface area contributed by atoms with E-state index >= 15 is 0 Å². The summed E-state index contributed by atoms with van der Waals surface area (Å²) in [6.45, 7) is 0. The minimum absolute atomic E-state index is 0.0348. The molecule has 0 aliphatic carbocycles. The number of carbonyl (C=O) groups is 2. The summed E-state index contributed by atoms with van der Waals surface area (Å²) >= 11 is 5.12. The van der Waals surface area contributed by atoms with Crippen LogP contribution in [0.3, 0.4) is 0 Å². The maximum Gasteiger partial charge on any atom is 0.270 e. The second-order valence-corrected chi connectivity index (χ2v) is 6.52. The van der Waals surface area contributed by atoms with Crippen molar-refractivity contribution in [2.24, 2.45) is 0 Å². The van der Waals surface area contributed by atoms with Crippen LogP contribution in [0.4, 0.5) is 17.1 Å². The maximum atomic E-state index is 12.2. The lowest BCUT2D eigenvalue weighted by atomic mass is 10.2. The average molecular weight is 420 g/mol. The molecule has 0 heterocycles. The Bertz CT molecular complexity index is 1100. The molecule has 150 valence electrons. The smallest absolute Gasteiger partial charge is 0.270 e. The molecule has 0 fully saturated rings. The number of nitrogens with zero attached hydrogens (tertiary/aromatic N) is 1. The van der Waals surface area contributed by atoms with Gasteiger partial charge in [-0.05, 0) is 54.7 Å². The lowest BCUT2D eigenvalue weighted by Gasteiger charge is -2.11. The van der Waals surface area contributed by atoms with Gasteiger partial charge in [0.05, 0.1) is 4.92 Å². The molecule has 8 nitrogen and oxygen atoms in total. The Hall–Kier alpha value is -4.11. The van der Waals surface area contributed by atoms with E-state index in [2.05, 4.69) is 16.0 Å². The Morgan fingerprint density at radius 3 is 2.00 bits per heavy atom. The molecule has 0 aliphatic heterocycles. The van der Waals surface area contributed by atoms with Gasteiger partial charge < -0.3 is 10.6 Å². The molecule has 0 saturated heterocycles. The molecule has 3 aromatic rings. The van der Waals surface area contributed by atoms with Crippen molar-refractivity contribution in [3.05, 3.63) is 100 Å². The second-order valence-electron chi connectivity index (χ2n) is 6.11. The Labute approximate surface area is 177 Å². The van der Waals surface area contributed by atoms with Crippen molar-refractivity contribution in [1.82, 2.24) is 5.32 Å². The molecule has 30 heavy (non-hydrogen) atoms. The van der Waals surface area contributed by atoms with Gasteiger partial charge in [0.1, 0.15) is 0 Å². The number of anilines is 2. The van der Waals surface area contributed by atoms with E-state index < -0.39 is 10.8 Å². The zero-order valence-corrected chi connectivity index (χ0v) is 16.3. The van der Waals surface area contributed by atoms with Crippen LogP contribution in [0.2, 0.25) is 0 Å². The molecule has 0 spiro atoms. The predicted molar refractivity (Wildman–Crippen MR) is 118 cm³/mol. The fraction of sp³-hybridized carbons (Fsp3) is 0. The second kappa shape index (κ2) is 9.39. The van der Waals surface area contributed by atoms with Crippen LogP contribution in [0.15, 0.2) is 78.9 Å². The summed E-state index contributed by atoms with van der Waals surface area (Å²) in [5.74, 6) is -0.793. The fourth-order valence-electron chi connectivity index (χ4n) is 2.53. The van der Waals surface area contributed by atoms with Crippen LogP contribution in [0.5, 0.6) is 0 Å². The standard InChI is InChI=1S/C21H16N4O4S/c26-19(14-5-2-1-3-6-14)22-16-9-11-17(12-10-16)23-21(30)24-20(27)15-7-4-8-18(13-15)25(28)29/h1-13H,(H,22,26)(H2,23,24,27,30). The van der Waals surface area contributed by atoms with Crippen molar-refractivity contribution in [2.45, 2.75) is 0 Å². The van der Waals surface area contributed by atoms with E-state index in [0.717, 1.165) is 0 Å². The number of amides is 2. The lowest BCUT2D eigenvalue weighted by molar-refractivity contribution is -0.384. The van der Waals surface area contributed by atoms with Gasteiger partial charge in [-0.15, -0.1) is 0 Å². The van der Waals surface area contributed by atoms with Crippen LogP contribution in [-0.2, 0) is 0 Å². The van der Waals surface area contributed by atoms with E-state index in [9.17, 15) is 19.7 Å². The zero-order chi connectivity index (χ0) is 21.5. The Balaban J connectivity index is 1.56. The summed E-state index contributed by atoms with van der Waals surface area (Å²) in [6.07, 6.45) is 0. The van der Waals surface area contributed by atoms with E-state index in [4.69, 9.17) is 12.2 Å². The normalized spacial score (nSPS) is 10.0. The Morgan fingerprint density at radius 1 is 0.767 bits per heavy atom. The van der Waals surface area contributed by atoms with Gasteiger partial charge in [-0.1, -0.05) is 24.3 Å². The van der Waals surface area contributed by atoms with Crippen molar-refractivity contribution in [2.75, 3.05) is 10.6 Å². The molecular formula is C21H16N4O4S. The third-order valence-electron chi connectivity index (χ3n) is 3.98. The summed E-state index contributed by atoms with van der Waals surface area (Å²) in [7, 11) is 0. The summed E-state index contributed by atoms with van der Waals surface area (Å²) < 4.78 is 0. The molecule has 0 aromatic heterocycles. The summed E-state index contributed by atoms with van der Waals surface area (Å²) in [4.78, 5) is 34.6. The number of benzene rings is 3. The molecule has 3 rings (SSSR count). The Kier molecular flexibility index (Phi) is 6.46. The van der Waals surface area contributed by atoms with Gasteiger partial charge in [0.25, 0.3) is 17.5 Å². The van der Waals surface area contributed by atoms with Crippen LogP contribution in [-0.4, -0.2) is 21.9 Å². The molecule has 0 aliphatic rings. The van der Waals surface area contributed by atoms with E-state index in [0.29, 0.717) is 16.9 Å². The summed E-state index contributed by atoms with van der Waals surface area (Å²) in [6, 6.07) is 20.9. The van der Waals surface area contributed by atoms with Crippen LogP contribution < -0.4 is 16.0 Å². The first-order valence-electron chi connectivity index (χ1n) is 8.75. The van der Waals surface area contributed by atoms with Crippen molar-refractivity contribution >= 4 is 46.2 Å². The third-order valence-corrected chi connectivity index (χ3v) is 4.19. The fourth-order valence-corrected chi connectivity index (χ4v) is 2.74. The van der Waals surface area contributed by atoms with Crippen LogP contribution in [0.25, 0.3) is 0 Å². The number of nitro groups is 1. The first-order valence-corrected chi connectivity index (χ1v) is 9.16. The van der Waals surface area contributed by atoms with Crippen molar-refractivity contribution in [1.29, 1.82) is 0 Å². The monoisotopic (exact) mass is 420 g/mol. The molecule has 3 aromatic carbocycles. The van der Waals surface area contributed by atoms with E-state index in [1.807, 2.05) is 6.07 Å². The number of thiocarbonyl (C=S) groups is 1. The number of hydrogen-bond acceptors (Lipinski definition) is 5. The lowest BCUT2D eigenvalue weighted by Crippen LogP contribution is -2.34. The Morgan fingerprint density at radius 2 is 1.37 bits per heavy atom. The number of carbonyl (C=O) groups excluding carboxylic acids is 2. The zero-order valence-electron chi connectivity index (χ0n) is 15.5. The minimum Gasteiger partial charge on any atom is -0.332 e. The van der Waals surface area contributed by atoms with Crippen LogP contribution in [0, 0.1) is 10.1 Å². The largest absolute Gasteiger partial charge is 0.332 e. The molecule has 0 atom stereocenters. The van der Waals surface area contributed by atoms with Crippen molar-refractivity contribution in [3.63, 3.8) is 0 Å². The quantitative estimate of drug-likeness (QED) is 0.327. The molecule has 0 unspecified atom stereocenters. The number of non-ortho nitro benzene ring substituents is 1.